The maximum Gasteiger partial charge on any atom is 0.135 e. The molecule has 0 N–H and O–H groups in total. The Labute approximate surface area is 241 Å². The maximum absolute atomic E-state index is 6.32. The maximum atomic E-state index is 6.32. The van der Waals surface area contributed by atoms with Gasteiger partial charge in [-0.1, -0.05) is 116 Å². The molecular formula is C40H30O. The minimum Gasteiger partial charge on any atom is -0.456 e. The molecular weight excluding hydrogens is 496 g/mol. The largest absolute Gasteiger partial charge is 0.456 e. The number of fused-ring (bicyclic) bond motifs is 7. The Kier molecular flexibility index (Phi) is 4.90. The standard InChI is InChI=1S/C40H30O/c1-4-22-40(23-5-1)35-12-3-2-10-31(35)32-20-18-30(25-36(32)40)27-16-14-26(15-17-27)29-19-21-37-34(24-29)33-11-6-8-28-9-7-13-38(41-37)39(28)33/h2-3,6-21,24-25H,1,4-5,22-23H2. The molecule has 1 aliphatic heterocycles. The fourth-order valence-corrected chi connectivity index (χ4v) is 7.93. The van der Waals surface area contributed by atoms with Crippen LogP contribution < -0.4 is 4.74 Å². The lowest BCUT2D eigenvalue weighted by Gasteiger charge is -2.36. The van der Waals surface area contributed by atoms with Crippen molar-refractivity contribution in [3.63, 3.8) is 0 Å². The number of ether oxygens (including phenoxy) is 1. The molecule has 1 fully saturated rings. The molecule has 0 amide bonds. The monoisotopic (exact) mass is 526 g/mol. The molecule has 0 saturated heterocycles. The SMILES string of the molecule is c1ccc2c(c1)-c1ccc(-c3ccc(-c4ccc5c(c4)-c4cccc6cccc(c46)O5)cc3)cc1C21CCCCC1. The fourth-order valence-electron chi connectivity index (χ4n) is 7.93. The van der Waals surface area contributed by atoms with Gasteiger partial charge in [-0.15, -0.1) is 0 Å². The summed E-state index contributed by atoms with van der Waals surface area (Å²) in [7, 11) is 0. The first-order valence-corrected chi connectivity index (χ1v) is 15.0. The van der Waals surface area contributed by atoms with Crippen molar-refractivity contribution in [3.8, 4) is 56.0 Å². The zero-order valence-electron chi connectivity index (χ0n) is 23.0. The van der Waals surface area contributed by atoms with Crippen LogP contribution in [-0.2, 0) is 5.41 Å². The van der Waals surface area contributed by atoms with Crippen LogP contribution in [0.4, 0.5) is 0 Å². The van der Waals surface area contributed by atoms with E-state index in [2.05, 4.69) is 121 Å². The molecule has 1 saturated carbocycles. The molecule has 0 bridgehead atoms. The van der Waals surface area contributed by atoms with E-state index in [1.807, 2.05) is 0 Å². The van der Waals surface area contributed by atoms with E-state index in [1.54, 1.807) is 11.1 Å². The van der Waals surface area contributed by atoms with Crippen molar-refractivity contribution in [2.75, 3.05) is 0 Å². The number of hydrogen-bond acceptors (Lipinski definition) is 1. The van der Waals surface area contributed by atoms with Crippen LogP contribution in [0, 0.1) is 0 Å². The van der Waals surface area contributed by atoms with E-state index < -0.39 is 0 Å². The first-order valence-electron chi connectivity index (χ1n) is 15.0. The molecule has 0 aromatic heterocycles. The van der Waals surface area contributed by atoms with Crippen molar-refractivity contribution < 1.29 is 4.74 Å². The number of benzene rings is 6. The van der Waals surface area contributed by atoms with Gasteiger partial charge in [-0.2, -0.15) is 0 Å². The van der Waals surface area contributed by atoms with Gasteiger partial charge in [0.1, 0.15) is 11.5 Å². The molecule has 41 heavy (non-hydrogen) atoms. The normalized spacial score (nSPS) is 15.7. The predicted molar refractivity (Wildman–Crippen MR) is 170 cm³/mol. The molecule has 1 nitrogen and oxygen atoms in total. The van der Waals surface area contributed by atoms with Crippen LogP contribution in [0.5, 0.6) is 11.5 Å². The van der Waals surface area contributed by atoms with E-state index in [1.165, 1.54) is 81.8 Å². The first-order chi connectivity index (χ1) is 20.3. The zero-order chi connectivity index (χ0) is 27.0. The van der Waals surface area contributed by atoms with Crippen LogP contribution in [0.25, 0.3) is 55.3 Å². The van der Waals surface area contributed by atoms with Gasteiger partial charge in [0.05, 0.1) is 0 Å². The molecule has 1 heteroatoms. The van der Waals surface area contributed by atoms with Crippen LogP contribution in [0.1, 0.15) is 43.2 Å². The number of rotatable bonds is 2. The molecule has 2 aliphatic carbocycles. The van der Waals surface area contributed by atoms with Gasteiger partial charge in [-0.05, 0) is 92.6 Å². The molecule has 6 aromatic carbocycles. The van der Waals surface area contributed by atoms with Crippen LogP contribution in [-0.4, -0.2) is 0 Å². The highest BCUT2D eigenvalue weighted by atomic mass is 16.5. The Morgan fingerprint density at radius 2 is 1.10 bits per heavy atom. The minimum atomic E-state index is 0.187. The van der Waals surface area contributed by atoms with Crippen molar-refractivity contribution in [1.82, 2.24) is 0 Å². The second kappa shape index (κ2) is 8.69. The summed E-state index contributed by atoms with van der Waals surface area (Å²) < 4.78 is 6.32. The average molecular weight is 527 g/mol. The van der Waals surface area contributed by atoms with Crippen LogP contribution in [0.3, 0.4) is 0 Å². The van der Waals surface area contributed by atoms with Crippen molar-refractivity contribution in [2.45, 2.75) is 37.5 Å². The lowest BCUT2D eigenvalue weighted by molar-refractivity contribution is 0.353. The Balaban J connectivity index is 1.09. The summed E-state index contributed by atoms with van der Waals surface area (Å²) >= 11 is 0. The third-order valence-corrected chi connectivity index (χ3v) is 9.88. The summed E-state index contributed by atoms with van der Waals surface area (Å²) in [5.74, 6) is 1.86. The third kappa shape index (κ3) is 3.36. The van der Waals surface area contributed by atoms with E-state index in [0.717, 1.165) is 17.1 Å². The molecule has 6 aromatic rings. The van der Waals surface area contributed by atoms with Crippen LogP contribution in [0.15, 0.2) is 121 Å². The highest BCUT2D eigenvalue weighted by Gasteiger charge is 2.43. The first kappa shape index (κ1) is 23.1. The fraction of sp³-hybridized carbons (Fsp3) is 0.150. The molecule has 0 unspecified atom stereocenters. The second-order valence-electron chi connectivity index (χ2n) is 12.0. The summed E-state index contributed by atoms with van der Waals surface area (Å²) in [4.78, 5) is 0. The molecule has 9 rings (SSSR count). The average Bonchev–Trinajstić information content (AvgIpc) is 3.30. The van der Waals surface area contributed by atoms with E-state index in [9.17, 15) is 0 Å². The summed E-state index contributed by atoms with van der Waals surface area (Å²) in [6, 6.07) is 44.9. The minimum absolute atomic E-state index is 0.187. The predicted octanol–water partition coefficient (Wildman–Crippen LogP) is 11.2. The highest BCUT2D eigenvalue weighted by molar-refractivity contribution is 6.04. The van der Waals surface area contributed by atoms with Crippen LogP contribution in [0.2, 0.25) is 0 Å². The van der Waals surface area contributed by atoms with Crippen molar-refractivity contribution >= 4 is 10.8 Å². The summed E-state index contributed by atoms with van der Waals surface area (Å²) in [6.07, 6.45) is 6.52. The summed E-state index contributed by atoms with van der Waals surface area (Å²) in [5, 5.41) is 2.41. The number of hydrogen-bond donors (Lipinski definition) is 0. The van der Waals surface area contributed by atoms with E-state index in [0.29, 0.717) is 0 Å². The van der Waals surface area contributed by atoms with Gasteiger partial charge in [0.25, 0.3) is 0 Å². The Morgan fingerprint density at radius 3 is 1.93 bits per heavy atom. The third-order valence-electron chi connectivity index (χ3n) is 9.88. The van der Waals surface area contributed by atoms with Gasteiger partial charge in [0, 0.05) is 16.4 Å². The van der Waals surface area contributed by atoms with Gasteiger partial charge in [-0.3, -0.25) is 0 Å². The summed E-state index contributed by atoms with van der Waals surface area (Å²) in [5.41, 5.74) is 13.6. The van der Waals surface area contributed by atoms with Crippen molar-refractivity contribution in [3.05, 3.63) is 132 Å². The second-order valence-corrected chi connectivity index (χ2v) is 12.0. The van der Waals surface area contributed by atoms with Gasteiger partial charge in [0.15, 0.2) is 0 Å². The van der Waals surface area contributed by atoms with E-state index in [4.69, 9.17) is 4.74 Å². The van der Waals surface area contributed by atoms with Gasteiger partial charge >= 0.3 is 0 Å². The molecule has 0 radical (unpaired) electrons. The Bertz CT molecular complexity index is 1980. The molecule has 1 heterocycles. The Morgan fingerprint density at radius 1 is 0.439 bits per heavy atom. The zero-order valence-corrected chi connectivity index (χ0v) is 23.0. The summed E-state index contributed by atoms with van der Waals surface area (Å²) in [6.45, 7) is 0. The lowest BCUT2D eigenvalue weighted by Crippen LogP contribution is -2.28. The highest BCUT2D eigenvalue weighted by Crippen LogP contribution is 2.56. The van der Waals surface area contributed by atoms with Gasteiger partial charge < -0.3 is 4.74 Å². The van der Waals surface area contributed by atoms with Crippen LogP contribution >= 0.6 is 0 Å². The molecule has 3 aliphatic rings. The van der Waals surface area contributed by atoms with Crippen molar-refractivity contribution in [1.29, 1.82) is 0 Å². The topological polar surface area (TPSA) is 9.23 Å². The van der Waals surface area contributed by atoms with Gasteiger partial charge in [0.2, 0.25) is 0 Å². The van der Waals surface area contributed by atoms with Crippen molar-refractivity contribution in [2.24, 2.45) is 0 Å². The smallest absolute Gasteiger partial charge is 0.135 e. The molecule has 0 atom stereocenters. The Hall–Kier alpha value is -4.62. The molecule has 196 valence electrons. The van der Waals surface area contributed by atoms with E-state index in [-0.39, 0.29) is 5.41 Å². The lowest BCUT2D eigenvalue weighted by atomic mass is 9.67. The quantitative estimate of drug-likeness (QED) is 0.218. The van der Waals surface area contributed by atoms with Gasteiger partial charge in [-0.25, -0.2) is 0 Å². The molecule has 1 spiro atoms. The van der Waals surface area contributed by atoms with E-state index >= 15 is 0 Å².